The zero-order valence-corrected chi connectivity index (χ0v) is 7.66. The lowest BCUT2D eigenvalue weighted by Gasteiger charge is -2.00. The summed E-state index contributed by atoms with van der Waals surface area (Å²) in [6, 6.07) is 0.653. The molecule has 15 heavy (non-hydrogen) atoms. The minimum atomic E-state index is -3.22. The van der Waals surface area contributed by atoms with Crippen LogP contribution in [0.4, 0.5) is 13.8 Å². The van der Waals surface area contributed by atoms with Gasteiger partial charge >= 0.3 is 17.6 Å². The van der Waals surface area contributed by atoms with E-state index in [0.29, 0.717) is 6.07 Å². The summed E-state index contributed by atoms with van der Waals surface area (Å²) in [4.78, 5) is 19.3. The number of carboxylic acids is 1. The number of ether oxygens (including phenoxy) is 1. The number of nitro groups is 1. The monoisotopic (exact) mass is 239 g/mol. The van der Waals surface area contributed by atoms with Crippen molar-refractivity contribution < 1.29 is 28.3 Å². The zero-order chi connectivity index (χ0) is 11.6. The average molecular weight is 239 g/mol. The first kappa shape index (κ1) is 11.3. The van der Waals surface area contributed by atoms with Crippen LogP contribution in [0.25, 0.3) is 0 Å². The van der Waals surface area contributed by atoms with Crippen LogP contribution in [0, 0.1) is 10.1 Å². The fourth-order valence-electron chi connectivity index (χ4n) is 0.785. The maximum atomic E-state index is 11.8. The SMILES string of the molecule is O=C(O)c1sc([N+](=O)[O-])cc1OC(F)F. The second-order valence-electron chi connectivity index (χ2n) is 2.22. The zero-order valence-electron chi connectivity index (χ0n) is 6.85. The Morgan fingerprint density at radius 2 is 2.27 bits per heavy atom. The molecule has 0 unspecified atom stereocenters. The van der Waals surface area contributed by atoms with Gasteiger partial charge in [0, 0.05) is 0 Å². The second kappa shape index (κ2) is 4.17. The Morgan fingerprint density at radius 3 is 2.67 bits per heavy atom. The van der Waals surface area contributed by atoms with Crippen LogP contribution in [-0.4, -0.2) is 22.6 Å². The van der Waals surface area contributed by atoms with E-state index in [9.17, 15) is 23.7 Å². The highest BCUT2D eigenvalue weighted by Crippen LogP contribution is 2.35. The van der Waals surface area contributed by atoms with Gasteiger partial charge in [0.15, 0.2) is 10.6 Å². The van der Waals surface area contributed by atoms with Gasteiger partial charge in [-0.2, -0.15) is 8.78 Å². The Bertz CT molecular complexity index is 404. The van der Waals surface area contributed by atoms with Gasteiger partial charge in [0.25, 0.3) is 0 Å². The van der Waals surface area contributed by atoms with Crippen molar-refractivity contribution in [3.63, 3.8) is 0 Å². The van der Waals surface area contributed by atoms with Crippen molar-refractivity contribution in [3.8, 4) is 5.75 Å². The summed E-state index contributed by atoms with van der Waals surface area (Å²) in [6.45, 7) is -3.22. The number of rotatable bonds is 4. The molecule has 82 valence electrons. The number of aromatic carboxylic acids is 1. The molecule has 1 aromatic rings. The molecular formula is C6H3F2NO5S. The third kappa shape index (κ3) is 2.59. The highest BCUT2D eigenvalue weighted by molar-refractivity contribution is 7.17. The minimum Gasteiger partial charge on any atom is -0.477 e. The normalized spacial score (nSPS) is 10.3. The van der Waals surface area contributed by atoms with Gasteiger partial charge in [0.2, 0.25) is 0 Å². The van der Waals surface area contributed by atoms with Crippen LogP contribution in [0.1, 0.15) is 9.67 Å². The van der Waals surface area contributed by atoms with Crippen LogP contribution in [-0.2, 0) is 0 Å². The Balaban J connectivity index is 3.11. The molecular weight excluding hydrogens is 236 g/mol. The fourth-order valence-corrected chi connectivity index (χ4v) is 1.53. The molecule has 0 aliphatic heterocycles. The third-order valence-corrected chi connectivity index (χ3v) is 2.33. The lowest BCUT2D eigenvalue weighted by molar-refractivity contribution is -0.380. The summed E-state index contributed by atoms with van der Waals surface area (Å²) in [6.07, 6.45) is 0. The van der Waals surface area contributed by atoms with E-state index in [4.69, 9.17) is 5.11 Å². The second-order valence-corrected chi connectivity index (χ2v) is 3.25. The number of carboxylic acid groups (broad SMARTS) is 1. The van der Waals surface area contributed by atoms with E-state index in [1.807, 2.05) is 0 Å². The van der Waals surface area contributed by atoms with Gasteiger partial charge in [-0.15, -0.1) is 0 Å². The van der Waals surface area contributed by atoms with Gasteiger partial charge < -0.3 is 9.84 Å². The summed E-state index contributed by atoms with van der Waals surface area (Å²) < 4.78 is 27.4. The number of thiophene rings is 1. The molecule has 0 spiro atoms. The molecule has 0 aliphatic rings. The summed E-state index contributed by atoms with van der Waals surface area (Å²) in [5.41, 5.74) is 0. The number of nitrogens with zero attached hydrogens (tertiary/aromatic N) is 1. The van der Waals surface area contributed by atoms with Crippen LogP contribution in [0.2, 0.25) is 0 Å². The summed E-state index contributed by atoms with van der Waals surface area (Å²) in [7, 11) is 0. The fraction of sp³-hybridized carbons (Fsp3) is 0.167. The van der Waals surface area contributed by atoms with E-state index < -0.39 is 33.1 Å². The third-order valence-electron chi connectivity index (χ3n) is 1.28. The molecule has 1 N–H and O–H groups in total. The van der Waals surface area contributed by atoms with Gasteiger partial charge in [-0.05, 0) is 0 Å². The quantitative estimate of drug-likeness (QED) is 0.640. The summed E-state index contributed by atoms with van der Waals surface area (Å²) >= 11 is 0.261. The van der Waals surface area contributed by atoms with Crippen molar-refractivity contribution in [2.45, 2.75) is 6.61 Å². The minimum absolute atomic E-state index is 0.261. The number of carbonyl (C=O) groups is 1. The maximum absolute atomic E-state index is 11.8. The molecule has 0 saturated carbocycles. The molecule has 6 nitrogen and oxygen atoms in total. The Kier molecular flexibility index (Phi) is 3.14. The van der Waals surface area contributed by atoms with Crippen molar-refractivity contribution in [2.24, 2.45) is 0 Å². The van der Waals surface area contributed by atoms with Crippen molar-refractivity contribution in [2.75, 3.05) is 0 Å². The van der Waals surface area contributed by atoms with Gasteiger partial charge in [-0.25, -0.2) is 4.79 Å². The first-order valence-electron chi connectivity index (χ1n) is 3.38. The molecule has 0 aromatic carbocycles. The van der Waals surface area contributed by atoms with E-state index in [0.717, 1.165) is 0 Å². The van der Waals surface area contributed by atoms with E-state index >= 15 is 0 Å². The van der Waals surface area contributed by atoms with E-state index in [2.05, 4.69) is 4.74 Å². The Hall–Kier alpha value is -1.77. The summed E-state index contributed by atoms with van der Waals surface area (Å²) in [5, 5.41) is 18.2. The highest BCUT2D eigenvalue weighted by atomic mass is 32.1. The van der Waals surface area contributed by atoms with Crippen LogP contribution in [0.15, 0.2) is 6.07 Å². The van der Waals surface area contributed by atoms with E-state index in [1.165, 1.54) is 0 Å². The van der Waals surface area contributed by atoms with Crippen LogP contribution in [0.5, 0.6) is 5.75 Å². The van der Waals surface area contributed by atoms with Crippen molar-refractivity contribution >= 4 is 22.3 Å². The van der Waals surface area contributed by atoms with E-state index in [-0.39, 0.29) is 11.3 Å². The topological polar surface area (TPSA) is 89.7 Å². The van der Waals surface area contributed by atoms with Crippen molar-refractivity contribution in [1.29, 1.82) is 0 Å². The van der Waals surface area contributed by atoms with Crippen LogP contribution in [0.3, 0.4) is 0 Å². The molecule has 1 heterocycles. The predicted molar refractivity (Wildman–Crippen MR) is 44.6 cm³/mol. The molecule has 1 rings (SSSR count). The molecule has 0 radical (unpaired) electrons. The Labute approximate surface area is 84.9 Å². The number of halogens is 2. The van der Waals surface area contributed by atoms with Gasteiger partial charge in [0.05, 0.1) is 11.0 Å². The number of hydrogen-bond acceptors (Lipinski definition) is 5. The lowest BCUT2D eigenvalue weighted by atomic mass is 10.4. The van der Waals surface area contributed by atoms with Crippen LogP contribution < -0.4 is 4.74 Å². The number of hydrogen-bond donors (Lipinski definition) is 1. The van der Waals surface area contributed by atoms with E-state index in [1.54, 1.807) is 0 Å². The molecule has 0 amide bonds. The molecule has 0 aliphatic carbocycles. The predicted octanol–water partition coefficient (Wildman–Crippen LogP) is 1.96. The lowest BCUT2D eigenvalue weighted by Crippen LogP contribution is -2.04. The largest absolute Gasteiger partial charge is 0.477 e. The molecule has 0 bridgehead atoms. The standard InChI is InChI=1S/C6H3F2NO5S/c7-6(8)14-2-1-3(9(12)13)15-4(2)5(10)11/h1,6H,(H,10,11). The molecule has 0 fully saturated rings. The van der Waals surface area contributed by atoms with Gasteiger partial charge in [0.1, 0.15) is 0 Å². The molecule has 0 saturated heterocycles. The molecule has 9 heteroatoms. The highest BCUT2D eigenvalue weighted by Gasteiger charge is 2.24. The molecule has 0 atom stereocenters. The van der Waals surface area contributed by atoms with Gasteiger partial charge in [-0.1, -0.05) is 11.3 Å². The first-order valence-corrected chi connectivity index (χ1v) is 4.19. The van der Waals surface area contributed by atoms with Crippen molar-refractivity contribution in [1.82, 2.24) is 0 Å². The smallest absolute Gasteiger partial charge is 0.387 e. The van der Waals surface area contributed by atoms with Crippen LogP contribution >= 0.6 is 11.3 Å². The average Bonchev–Trinajstić information content (AvgIpc) is 2.46. The first-order chi connectivity index (χ1) is 6.91. The summed E-state index contributed by atoms with van der Waals surface area (Å²) in [5.74, 6) is -2.25. The molecule has 1 aromatic heterocycles. The Morgan fingerprint density at radius 1 is 1.67 bits per heavy atom. The van der Waals surface area contributed by atoms with Crippen molar-refractivity contribution in [3.05, 3.63) is 21.1 Å². The maximum Gasteiger partial charge on any atom is 0.387 e. The van der Waals surface area contributed by atoms with Gasteiger partial charge in [-0.3, -0.25) is 10.1 Å². The number of alkyl halides is 2.